The van der Waals surface area contributed by atoms with Crippen molar-refractivity contribution in [1.82, 2.24) is 0 Å². The Morgan fingerprint density at radius 2 is 1.04 bits per heavy atom. The predicted octanol–water partition coefficient (Wildman–Crippen LogP) is 12.8. The molecule has 0 saturated heterocycles. The summed E-state index contributed by atoms with van der Waals surface area (Å²) in [6.07, 6.45) is 0. The van der Waals surface area contributed by atoms with Crippen LogP contribution in [0, 0.1) is 0 Å². The van der Waals surface area contributed by atoms with Crippen LogP contribution in [-0.2, 0) is 0 Å². The molecule has 0 N–H and O–H groups in total. The molecule has 9 aromatic rings. The van der Waals surface area contributed by atoms with Gasteiger partial charge in [-0.2, -0.15) is 0 Å². The first-order chi connectivity index (χ1) is 22.3. The summed E-state index contributed by atoms with van der Waals surface area (Å²) in [5, 5.41) is 4.87. The third kappa shape index (κ3) is 4.32. The van der Waals surface area contributed by atoms with Gasteiger partial charge in [0.1, 0.15) is 5.58 Å². The second kappa shape index (κ2) is 10.5. The average Bonchev–Trinajstić information content (AvgIpc) is 3.68. The standard InChI is InChI=1S/C42H27NOS/c1-3-11-29(12-4-1)33-25-26-37-34-15-7-9-17-38(34)44-42(37)41(33)43(31-13-5-2-6-14-31)32-22-19-28(20-23-32)30-21-24-36-35-16-8-10-18-39(35)45-40(36)27-30/h1-27H. The van der Waals surface area contributed by atoms with Crippen molar-refractivity contribution in [1.29, 1.82) is 0 Å². The van der Waals surface area contributed by atoms with Crippen molar-refractivity contribution < 1.29 is 4.42 Å². The first kappa shape index (κ1) is 25.8. The summed E-state index contributed by atoms with van der Waals surface area (Å²) < 4.78 is 9.33. The highest BCUT2D eigenvalue weighted by Crippen LogP contribution is 2.47. The minimum absolute atomic E-state index is 0.876. The molecule has 2 heterocycles. The molecule has 0 saturated carbocycles. The van der Waals surface area contributed by atoms with Gasteiger partial charge in [0.25, 0.3) is 0 Å². The molecule has 2 nitrogen and oxygen atoms in total. The lowest BCUT2D eigenvalue weighted by Gasteiger charge is -2.28. The number of benzene rings is 7. The molecule has 9 rings (SSSR count). The van der Waals surface area contributed by atoms with E-state index in [1.54, 1.807) is 0 Å². The van der Waals surface area contributed by atoms with Crippen LogP contribution in [0.5, 0.6) is 0 Å². The summed E-state index contributed by atoms with van der Waals surface area (Å²) in [5.74, 6) is 0. The van der Waals surface area contributed by atoms with E-state index in [0.29, 0.717) is 0 Å². The number of rotatable bonds is 5. The average molecular weight is 594 g/mol. The van der Waals surface area contributed by atoms with Crippen LogP contribution in [-0.4, -0.2) is 0 Å². The van der Waals surface area contributed by atoms with E-state index in [1.165, 1.54) is 31.3 Å². The summed E-state index contributed by atoms with van der Waals surface area (Å²) in [6, 6.07) is 58.3. The summed E-state index contributed by atoms with van der Waals surface area (Å²) in [7, 11) is 0. The fourth-order valence-electron chi connectivity index (χ4n) is 6.54. The minimum Gasteiger partial charge on any atom is -0.454 e. The fraction of sp³-hybridized carbons (Fsp3) is 0. The van der Waals surface area contributed by atoms with E-state index < -0.39 is 0 Å². The second-order valence-corrected chi connectivity index (χ2v) is 12.4. The number of fused-ring (bicyclic) bond motifs is 6. The molecule has 0 spiro atoms. The topological polar surface area (TPSA) is 16.4 Å². The Balaban J connectivity index is 1.24. The van der Waals surface area contributed by atoms with Crippen molar-refractivity contribution in [2.75, 3.05) is 4.90 Å². The van der Waals surface area contributed by atoms with Gasteiger partial charge in [-0.25, -0.2) is 0 Å². The van der Waals surface area contributed by atoms with Crippen LogP contribution in [0.1, 0.15) is 0 Å². The highest BCUT2D eigenvalue weighted by molar-refractivity contribution is 7.25. The van der Waals surface area contributed by atoms with E-state index >= 15 is 0 Å². The Labute approximate surface area is 265 Å². The minimum atomic E-state index is 0.876. The highest BCUT2D eigenvalue weighted by Gasteiger charge is 2.23. The SMILES string of the molecule is c1ccc(-c2ccc3c(oc4ccccc43)c2N(c2ccccc2)c2ccc(-c3ccc4c(c3)sc3ccccc34)cc2)cc1. The molecule has 2 aromatic heterocycles. The smallest absolute Gasteiger partial charge is 0.160 e. The zero-order chi connectivity index (χ0) is 29.7. The van der Waals surface area contributed by atoms with E-state index in [0.717, 1.165) is 50.1 Å². The molecule has 0 amide bonds. The van der Waals surface area contributed by atoms with Crippen molar-refractivity contribution in [2.24, 2.45) is 0 Å². The van der Waals surface area contributed by atoms with E-state index in [1.807, 2.05) is 17.4 Å². The van der Waals surface area contributed by atoms with Gasteiger partial charge in [-0.3, -0.25) is 0 Å². The molecule has 212 valence electrons. The van der Waals surface area contributed by atoms with Crippen molar-refractivity contribution in [3.05, 3.63) is 164 Å². The van der Waals surface area contributed by atoms with Gasteiger partial charge in [-0.1, -0.05) is 115 Å². The molecule has 0 aliphatic heterocycles. The fourth-order valence-corrected chi connectivity index (χ4v) is 7.69. The Hall–Kier alpha value is -5.64. The van der Waals surface area contributed by atoms with Gasteiger partial charge in [0, 0.05) is 47.9 Å². The molecule has 0 aliphatic carbocycles. The first-order valence-electron chi connectivity index (χ1n) is 15.2. The highest BCUT2D eigenvalue weighted by atomic mass is 32.1. The molecule has 0 unspecified atom stereocenters. The molecule has 7 aromatic carbocycles. The van der Waals surface area contributed by atoms with E-state index in [-0.39, 0.29) is 0 Å². The molecule has 0 atom stereocenters. The third-order valence-electron chi connectivity index (χ3n) is 8.68. The number of thiophene rings is 1. The lowest BCUT2D eigenvalue weighted by atomic mass is 9.98. The molecular formula is C42H27NOS. The number of anilines is 3. The third-order valence-corrected chi connectivity index (χ3v) is 9.81. The van der Waals surface area contributed by atoms with Crippen LogP contribution in [0.2, 0.25) is 0 Å². The van der Waals surface area contributed by atoms with Gasteiger partial charge in [0.2, 0.25) is 0 Å². The monoisotopic (exact) mass is 593 g/mol. The Morgan fingerprint density at radius 3 is 1.87 bits per heavy atom. The predicted molar refractivity (Wildman–Crippen MR) is 192 cm³/mol. The number of hydrogen-bond acceptors (Lipinski definition) is 3. The van der Waals surface area contributed by atoms with Crippen molar-refractivity contribution >= 4 is 70.5 Å². The van der Waals surface area contributed by atoms with Crippen LogP contribution < -0.4 is 4.90 Å². The lowest BCUT2D eigenvalue weighted by Crippen LogP contribution is -2.11. The lowest BCUT2D eigenvalue weighted by molar-refractivity contribution is 0.669. The summed E-state index contributed by atoms with van der Waals surface area (Å²) >= 11 is 1.86. The summed E-state index contributed by atoms with van der Waals surface area (Å²) in [4.78, 5) is 2.34. The second-order valence-electron chi connectivity index (χ2n) is 11.3. The maximum Gasteiger partial charge on any atom is 0.160 e. The molecule has 0 radical (unpaired) electrons. The molecule has 0 fully saturated rings. The number of hydrogen-bond donors (Lipinski definition) is 0. The number of para-hydroxylation sites is 2. The van der Waals surface area contributed by atoms with Crippen LogP contribution in [0.4, 0.5) is 17.1 Å². The maximum absolute atomic E-state index is 6.69. The molecular weight excluding hydrogens is 567 g/mol. The van der Waals surface area contributed by atoms with Gasteiger partial charge < -0.3 is 9.32 Å². The number of nitrogens with zero attached hydrogens (tertiary/aromatic N) is 1. The van der Waals surface area contributed by atoms with Gasteiger partial charge in [0.15, 0.2) is 5.58 Å². The largest absolute Gasteiger partial charge is 0.454 e. The summed E-state index contributed by atoms with van der Waals surface area (Å²) in [6.45, 7) is 0. The zero-order valence-electron chi connectivity index (χ0n) is 24.4. The Morgan fingerprint density at radius 1 is 0.422 bits per heavy atom. The normalized spacial score (nSPS) is 11.6. The van der Waals surface area contributed by atoms with Crippen LogP contribution in [0.25, 0.3) is 64.4 Å². The van der Waals surface area contributed by atoms with E-state index in [2.05, 4.69) is 163 Å². The van der Waals surface area contributed by atoms with Gasteiger partial charge >= 0.3 is 0 Å². The van der Waals surface area contributed by atoms with Crippen LogP contribution in [0.15, 0.2) is 168 Å². The van der Waals surface area contributed by atoms with Gasteiger partial charge in [-0.15, -0.1) is 11.3 Å². The molecule has 45 heavy (non-hydrogen) atoms. The van der Waals surface area contributed by atoms with Crippen molar-refractivity contribution in [2.45, 2.75) is 0 Å². The van der Waals surface area contributed by atoms with Gasteiger partial charge in [0.05, 0.1) is 5.69 Å². The first-order valence-corrected chi connectivity index (χ1v) is 16.0. The quantitative estimate of drug-likeness (QED) is 0.197. The van der Waals surface area contributed by atoms with Crippen molar-refractivity contribution in [3.8, 4) is 22.3 Å². The molecule has 0 bridgehead atoms. The van der Waals surface area contributed by atoms with Crippen LogP contribution in [0.3, 0.4) is 0 Å². The Kier molecular flexibility index (Phi) is 6.03. The van der Waals surface area contributed by atoms with Crippen molar-refractivity contribution in [3.63, 3.8) is 0 Å². The van der Waals surface area contributed by atoms with E-state index in [4.69, 9.17) is 4.42 Å². The maximum atomic E-state index is 6.69. The zero-order valence-corrected chi connectivity index (χ0v) is 25.2. The van der Waals surface area contributed by atoms with Gasteiger partial charge in [-0.05, 0) is 65.2 Å². The number of furan rings is 1. The summed E-state index contributed by atoms with van der Waals surface area (Å²) in [5.41, 5.74) is 9.60. The molecule has 3 heteroatoms. The Bertz CT molecular complexity index is 2470. The van der Waals surface area contributed by atoms with E-state index in [9.17, 15) is 0 Å². The molecule has 0 aliphatic rings. The van der Waals surface area contributed by atoms with Crippen LogP contribution >= 0.6 is 11.3 Å².